The highest BCUT2D eigenvalue weighted by molar-refractivity contribution is 8.00. The van der Waals surface area contributed by atoms with Gasteiger partial charge in [-0.15, -0.1) is 0 Å². The number of urea groups is 1. The van der Waals surface area contributed by atoms with Crippen LogP contribution in [0.15, 0.2) is 0 Å². The van der Waals surface area contributed by atoms with E-state index in [0.717, 1.165) is 18.6 Å². The molecule has 2 aliphatic heterocycles. The first-order valence-electron chi connectivity index (χ1n) is 10.8. The minimum Gasteiger partial charge on any atom is -0.458 e. The molecule has 0 aliphatic carbocycles. The maximum atomic E-state index is 12.1. The molecule has 2 aliphatic rings. The van der Waals surface area contributed by atoms with Crippen LogP contribution in [-0.4, -0.2) is 88.9 Å². The summed E-state index contributed by atoms with van der Waals surface area (Å²) < 4.78 is 5.16. The predicted molar refractivity (Wildman–Crippen MR) is 120 cm³/mol. The van der Waals surface area contributed by atoms with Gasteiger partial charge < -0.3 is 25.8 Å². The van der Waals surface area contributed by atoms with Crippen LogP contribution in [0.3, 0.4) is 0 Å². The quantitative estimate of drug-likeness (QED) is 0.117. The molecule has 182 valence electrons. The molecule has 2 fully saturated rings. The zero-order chi connectivity index (χ0) is 23.9. The van der Waals surface area contributed by atoms with Crippen LogP contribution < -0.4 is 21.4 Å². The summed E-state index contributed by atoms with van der Waals surface area (Å²) in [6.45, 7) is 4.31. The van der Waals surface area contributed by atoms with Crippen LogP contribution >= 0.6 is 11.8 Å². The van der Waals surface area contributed by atoms with E-state index in [0.29, 0.717) is 18.1 Å². The van der Waals surface area contributed by atoms with Gasteiger partial charge in [0.2, 0.25) is 11.8 Å². The molecule has 0 aromatic rings. The Morgan fingerprint density at radius 1 is 1.25 bits per heavy atom. The van der Waals surface area contributed by atoms with E-state index in [1.165, 1.54) is 5.01 Å². The molecule has 5 N–H and O–H groups in total. The Bertz CT molecular complexity index is 700. The van der Waals surface area contributed by atoms with Crippen molar-refractivity contribution in [3.8, 4) is 0 Å². The molecule has 2 heterocycles. The van der Waals surface area contributed by atoms with E-state index in [1.807, 2.05) is 11.8 Å². The zero-order valence-electron chi connectivity index (χ0n) is 19.1. The zero-order valence-corrected chi connectivity index (χ0v) is 19.9. The molecule has 2 saturated heterocycles. The number of likely N-dealkylation sites (N-methyl/N-ethyl adjacent to an activating group) is 1. The summed E-state index contributed by atoms with van der Waals surface area (Å²) in [6, 6.07) is -0.914. The number of unbranched alkanes of at least 4 members (excludes halogenated alkanes) is 1. The smallest absolute Gasteiger partial charge is 0.331 e. The van der Waals surface area contributed by atoms with E-state index in [1.54, 1.807) is 27.8 Å². The second-order valence-corrected chi connectivity index (χ2v) is 10.4. The third-order valence-corrected chi connectivity index (χ3v) is 6.49. The minimum absolute atomic E-state index is 0.104. The number of hydrogen-bond acceptors (Lipinski definition) is 8. The summed E-state index contributed by atoms with van der Waals surface area (Å²) in [5, 5.41) is 19.3. The Morgan fingerprint density at radius 2 is 1.97 bits per heavy atom. The Balaban J connectivity index is 1.62. The normalized spacial score (nSPS) is 23.2. The molecule has 4 amide bonds. The third kappa shape index (κ3) is 8.47. The predicted octanol–water partition coefficient (Wildman–Crippen LogP) is -0.506. The van der Waals surface area contributed by atoms with Crippen LogP contribution in [0.25, 0.3) is 0 Å². The number of aliphatic hydroxyl groups excluding tert-OH is 1. The van der Waals surface area contributed by atoms with Crippen LogP contribution in [0.4, 0.5) is 4.79 Å². The van der Waals surface area contributed by atoms with Gasteiger partial charge in [0, 0.05) is 24.5 Å². The van der Waals surface area contributed by atoms with E-state index in [2.05, 4.69) is 21.4 Å². The topological polar surface area (TPSA) is 149 Å². The molecule has 12 heteroatoms. The number of thioether (sulfide) groups is 1. The Labute approximate surface area is 192 Å². The lowest BCUT2D eigenvalue weighted by Crippen LogP contribution is -2.51. The van der Waals surface area contributed by atoms with Crippen molar-refractivity contribution in [3.05, 3.63) is 0 Å². The summed E-state index contributed by atoms with van der Waals surface area (Å²) in [7, 11) is 1.55. The molecule has 0 saturated carbocycles. The van der Waals surface area contributed by atoms with Gasteiger partial charge >= 0.3 is 12.0 Å². The van der Waals surface area contributed by atoms with Gasteiger partial charge in [0.25, 0.3) is 0 Å². The lowest BCUT2D eigenvalue weighted by atomic mass is 10.0. The molecule has 0 bridgehead atoms. The van der Waals surface area contributed by atoms with E-state index in [9.17, 15) is 24.3 Å². The summed E-state index contributed by atoms with van der Waals surface area (Å²) >= 11 is 1.84. The third-order valence-electron chi connectivity index (χ3n) is 4.99. The Hall–Kier alpha value is -2.05. The van der Waals surface area contributed by atoms with Gasteiger partial charge in [-0.1, -0.05) is 6.42 Å². The number of fused-ring (bicyclic) bond motifs is 1. The number of aliphatic hydroxyl groups is 1. The molecule has 4 atom stereocenters. The van der Waals surface area contributed by atoms with E-state index in [-0.39, 0.29) is 30.6 Å². The van der Waals surface area contributed by atoms with Crippen molar-refractivity contribution in [2.75, 3.05) is 26.0 Å². The highest BCUT2D eigenvalue weighted by atomic mass is 32.2. The SMILES string of the molecule is CN(CC(=O)N[C@@H](CO)C(=O)OC(C)(C)C)NC(=O)CCCC[C@@H]1SC[C@@H]2NC(=O)N[C@@H]21. The average Bonchev–Trinajstić information content (AvgIpc) is 3.21. The van der Waals surface area contributed by atoms with E-state index in [4.69, 9.17) is 4.74 Å². The van der Waals surface area contributed by atoms with Crippen LogP contribution in [-0.2, 0) is 19.1 Å². The molecule has 0 aromatic carbocycles. The lowest BCUT2D eigenvalue weighted by Gasteiger charge is -2.24. The van der Waals surface area contributed by atoms with Crippen LogP contribution in [0.2, 0.25) is 0 Å². The van der Waals surface area contributed by atoms with Gasteiger partial charge in [0.05, 0.1) is 25.2 Å². The largest absolute Gasteiger partial charge is 0.458 e. The van der Waals surface area contributed by atoms with Crippen LogP contribution in [0.1, 0.15) is 46.5 Å². The number of nitrogens with zero attached hydrogens (tertiary/aromatic N) is 1. The number of ether oxygens (including phenoxy) is 1. The fourth-order valence-corrected chi connectivity index (χ4v) is 5.13. The van der Waals surface area contributed by atoms with Crippen molar-refractivity contribution in [3.63, 3.8) is 0 Å². The summed E-state index contributed by atoms with van der Waals surface area (Å²) in [6.07, 6.45) is 2.81. The number of amides is 4. The van der Waals surface area contributed by atoms with Crippen molar-refractivity contribution in [2.24, 2.45) is 0 Å². The molecule has 32 heavy (non-hydrogen) atoms. The molecular weight excluding hydrogens is 438 g/mol. The van der Waals surface area contributed by atoms with Crippen molar-refractivity contribution < 1.29 is 29.0 Å². The number of esters is 1. The number of rotatable bonds is 11. The number of carbonyl (C=O) groups is 4. The van der Waals surface area contributed by atoms with Crippen molar-refractivity contribution >= 4 is 35.6 Å². The summed E-state index contributed by atoms with van der Waals surface area (Å²) in [5.41, 5.74) is 1.89. The molecule has 0 radical (unpaired) electrons. The first-order chi connectivity index (χ1) is 15.0. The van der Waals surface area contributed by atoms with E-state index < -0.39 is 30.1 Å². The van der Waals surface area contributed by atoms with Crippen molar-refractivity contribution in [1.29, 1.82) is 0 Å². The minimum atomic E-state index is -1.17. The number of carbonyl (C=O) groups excluding carboxylic acids is 4. The first kappa shape index (κ1) is 26.2. The molecule has 0 aromatic heterocycles. The number of hydrazine groups is 1. The van der Waals surface area contributed by atoms with Gasteiger partial charge in [-0.2, -0.15) is 11.8 Å². The van der Waals surface area contributed by atoms with Gasteiger partial charge in [0.15, 0.2) is 6.04 Å². The average molecular weight is 474 g/mol. The summed E-state index contributed by atoms with van der Waals surface area (Å²) in [5.74, 6) is -0.552. The summed E-state index contributed by atoms with van der Waals surface area (Å²) in [4.78, 5) is 47.7. The molecular formula is C20H35N5O6S. The van der Waals surface area contributed by atoms with Gasteiger partial charge in [0.1, 0.15) is 5.60 Å². The monoisotopic (exact) mass is 473 g/mol. The van der Waals surface area contributed by atoms with Crippen LogP contribution in [0.5, 0.6) is 0 Å². The standard InChI is InChI=1S/C20H35N5O6S/c1-20(2,3)31-18(29)12(10-26)21-16(28)9-25(4)24-15(27)8-6-5-7-14-17-13(11-32-14)22-19(30)23-17/h12-14,17,26H,5-11H2,1-4H3,(H,21,28)(H,24,27)(H2,22,23,30)/t12-,13-,14-,17-/m0/s1. The fraction of sp³-hybridized carbons (Fsp3) is 0.800. The molecule has 2 rings (SSSR count). The second-order valence-electron chi connectivity index (χ2n) is 9.09. The van der Waals surface area contributed by atoms with Crippen molar-refractivity contribution in [1.82, 2.24) is 26.4 Å². The molecule has 11 nitrogen and oxygen atoms in total. The highest BCUT2D eigenvalue weighted by Crippen LogP contribution is 2.33. The maximum Gasteiger partial charge on any atom is 0.331 e. The Morgan fingerprint density at radius 3 is 2.62 bits per heavy atom. The highest BCUT2D eigenvalue weighted by Gasteiger charge is 2.42. The van der Waals surface area contributed by atoms with E-state index >= 15 is 0 Å². The van der Waals surface area contributed by atoms with Crippen LogP contribution in [0, 0.1) is 0 Å². The second kappa shape index (κ2) is 11.7. The van der Waals surface area contributed by atoms with Crippen molar-refractivity contribution in [2.45, 2.75) is 75.4 Å². The molecule has 0 spiro atoms. The van der Waals surface area contributed by atoms with Gasteiger partial charge in [-0.3, -0.25) is 15.0 Å². The Kier molecular flexibility index (Phi) is 9.59. The maximum absolute atomic E-state index is 12.1. The first-order valence-corrected chi connectivity index (χ1v) is 11.9. The lowest BCUT2D eigenvalue weighted by molar-refractivity contribution is -0.160. The molecule has 0 unspecified atom stereocenters. The van der Waals surface area contributed by atoms with Gasteiger partial charge in [-0.25, -0.2) is 14.6 Å². The van der Waals surface area contributed by atoms with Gasteiger partial charge in [-0.05, 0) is 33.6 Å². The fourth-order valence-electron chi connectivity index (χ4n) is 3.59. The number of hydrogen-bond donors (Lipinski definition) is 5. The number of nitrogens with one attached hydrogen (secondary N) is 4.